The van der Waals surface area contributed by atoms with Gasteiger partial charge in [-0.3, -0.25) is 9.59 Å². The molecule has 7 heteroatoms. The number of hydrogen-bond donors (Lipinski definition) is 2. The van der Waals surface area contributed by atoms with Crippen molar-refractivity contribution in [3.63, 3.8) is 0 Å². The quantitative estimate of drug-likeness (QED) is 0.881. The first-order valence-corrected chi connectivity index (χ1v) is 7.72. The molecule has 2 amide bonds. The van der Waals surface area contributed by atoms with Gasteiger partial charge in [0.05, 0.1) is 11.4 Å². The van der Waals surface area contributed by atoms with Gasteiger partial charge in [-0.15, -0.1) is 5.10 Å². The molecule has 0 spiro atoms. The Hall–Kier alpha value is -2.70. The Labute approximate surface area is 134 Å². The zero-order valence-corrected chi connectivity index (χ0v) is 13.2. The summed E-state index contributed by atoms with van der Waals surface area (Å²) in [5.74, 6) is -0.211. The second-order valence-electron chi connectivity index (χ2n) is 5.63. The van der Waals surface area contributed by atoms with Gasteiger partial charge in [-0.1, -0.05) is 12.1 Å². The Balaban J connectivity index is 1.77. The fourth-order valence-electron chi connectivity index (χ4n) is 2.20. The molecule has 2 N–H and O–H groups in total. The molecule has 0 unspecified atom stereocenters. The molecule has 2 aromatic rings. The second kappa shape index (κ2) is 6.20. The van der Waals surface area contributed by atoms with E-state index in [1.165, 1.54) is 0 Å². The average Bonchev–Trinajstić information content (AvgIpc) is 3.28. The highest BCUT2D eigenvalue weighted by atomic mass is 16.2. The van der Waals surface area contributed by atoms with Crippen molar-refractivity contribution in [1.29, 1.82) is 0 Å². The van der Waals surface area contributed by atoms with Crippen LogP contribution in [0.3, 0.4) is 0 Å². The molecule has 23 heavy (non-hydrogen) atoms. The van der Waals surface area contributed by atoms with E-state index in [1.807, 2.05) is 19.1 Å². The molecule has 1 fully saturated rings. The maximum Gasteiger partial charge on any atom is 0.273 e. The van der Waals surface area contributed by atoms with Crippen LogP contribution in [-0.2, 0) is 4.79 Å². The number of carbonyl (C=O) groups excluding carboxylic acids is 2. The predicted octanol–water partition coefficient (Wildman–Crippen LogP) is 1.82. The SMILES string of the molecule is CCC(=O)Nc1ccc(-n2nnc(C(=O)NC3CC3)c2C)cc1. The van der Waals surface area contributed by atoms with Gasteiger partial charge >= 0.3 is 0 Å². The smallest absolute Gasteiger partial charge is 0.273 e. The molecular weight excluding hydrogens is 294 g/mol. The minimum Gasteiger partial charge on any atom is -0.348 e. The molecule has 0 bridgehead atoms. The van der Waals surface area contributed by atoms with Gasteiger partial charge in [0.1, 0.15) is 0 Å². The number of amides is 2. The Morgan fingerprint density at radius 3 is 2.57 bits per heavy atom. The maximum atomic E-state index is 12.1. The van der Waals surface area contributed by atoms with Crippen LogP contribution in [0.2, 0.25) is 0 Å². The van der Waals surface area contributed by atoms with Crippen LogP contribution in [0, 0.1) is 6.92 Å². The third-order valence-corrected chi connectivity index (χ3v) is 3.74. The molecule has 1 aliphatic rings. The lowest BCUT2D eigenvalue weighted by Crippen LogP contribution is -2.26. The van der Waals surface area contributed by atoms with E-state index in [0.29, 0.717) is 17.8 Å². The third-order valence-electron chi connectivity index (χ3n) is 3.74. The number of rotatable bonds is 5. The molecule has 1 aliphatic carbocycles. The largest absolute Gasteiger partial charge is 0.348 e. The van der Waals surface area contributed by atoms with Crippen molar-refractivity contribution in [2.75, 3.05) is 5.32 Å². The van der Waals surface area contributed by atoms with Gasteiger partial charge < -0.3 is 10.6 Å². The van der Waals surface area contributed by atoms with E-state index in [0.717, 1.165) is 24.2 Å². The van der Waals surface area contributed by atoms with Crippen LogP contribution in [0.25, 0.3) is 5.69 Å². The summed E-state index contributed by atoms with van der Waals surface area (Å²) in [6, 6.07) is 7.54. The molecule has 1 heterocycles. The van der Waals surface area contributed by atoms with E-state index in [9.17, 15) is 9.59 Å². The number of anilines is 1. The van der Waals surface area contributed by atoms with Crippen molar-refractivity contribution in [3.05, 3.63) is 35.7 Å². The molecule has 3 rings (SSSR count). The van der Waals surface area contributed by atoms with Crippen molar-refractivity contribution < 1.29 is 9.59 Å². The second-order valence-corrected chi connectivity index (χ2v) is 5.63. The zero-order valence-electron chi connectivity index (χ0n) is 13.2. The van der Waals surface area contributed by atoms with Crippen LogP contribution < -0.4 is 10.6 Å². The standard InChI is InChI=1S/C16H19N5O2/c1-3-14(22)17-11-6-8-13(9-7-11)21-10(2)15(19-20-21)16(23)18-12-4-5-12/h6-9,12H,3-5H2,1-2H3,(H,17,22)(H,18,23). The van der Waals surface area contributed by atoms with E-state index >= 15 is 0 Å². The average molecular weight is 313 g/mol. The van der Waals surface area contributed by atoms with Crippen LogP contribution in [0.1, 0.15) is 42.4 Å². The number of carbonyl (C=O) groups is 2. The minimum atomic E-state index is -0.178. The monoisotopic (exact) mass is 313 g/mol. The van der Waals surface area contributed by atoms with Gasteiger partial charge in [-0.25, -0.2) is 4.68 Å². The maximum absolute atomic E-state index is 12.1. The molecule has 1 aromatic heterocycles. The van der Waals surface area contributed by atoms with Crippen molar-refractivity contribution in [2.45, 2.75) is 39.2 Å². The number of hydrogen-bond acceptors (Lipinski definition) is 4. The van der Waals surface area contributed by atoms with Gasteiger partial charge in [0.2, 0.25) is 5.91 Å². The Morgan fingerprint density at radius 2 is 1.96 bits per heavy atom. The summed E-state index contributed by atoms with van der Waals surface area (Å²) in [7, 11) is 0. The minimum absolute atomic E-state index is 0.0336. The predicted molar refractivity (Wildman–Crippen MR) is 85.5 cm³/mol. The lowest BCUT2D eigenvalue weighted by atomic mass is 10.2. The number of aromatic nitrogens is 3. The van der Waals surface area contributed by atoms with Crippen LogP contribution in [0.4, 0.5) is 5.69 Å². The van der Waals surface area contributed by atoms with Crippen LogP contribution in [0.15, 0.2) is 24.3 Å². The molecule has 0 aliphatic heterocycles. The lowest BCUT2D eigenvalue weighted by Gasteiger charge is -2.07. The Morgan fingerprint density at radius 1 is 1.26 bits per heavy atom. The molecular formula is C16H19N5O2. The molecule has 0 atom stereocenters. The summed E-state index contributed by atoms with van der Waals surface area (Å²) in [4.78, 5) is 23.5. The van der Waals surface area contributed by atoms with Gasteiger partial charge in [-0.2, -0.15) is 0 Å². The van der Waals surface area contributed by atoms with Crippen LogP contribution >= 0.6 is 0 Å². The molecule has 1 saturated carbocycles. The summed E-state index contributed by atoms with van der Waals surface area (Å²) in [6.07, 6.45) is 2.50. The van der Waals surface area contributed by atoms with Gasteiger partial charge in [0.25, 0.3) is 5.91 Å². The van der Waals surface area contributed by atoms with Gasteiger partial charge in [0, 0.05) is 18.2 Å². The van der Waals surface area contributed by atoms with Crippen LogP contribution in [-0.4, -0.2) is 32.9 Å². The zero-order chi connectivity index (χ0) is 16.4. The van der Waals surface area contributed by atoms with E-state index < -0.39 is 0 Å². The molecule has 0 radical (unpaired) electrons. The first-order chi connectivity index (χ1) is 11.1. The highest BCUT2D eigenvalue weighted by Crippen LogP contribution is 2.20. The fraction of sp³-hybridized carbons (Fsp3) is 0.375. The normalized spacial score (nSPS) is 13.7. The molecule has 1 aromatic carbocycles. The number of nitrogens with one attached hydrogen (secondary N) is 2. The van der Waals surface area contributed by atoms with Crippen molar-refractivity contribution in [2.24, 2.45) is 0 Å². The summed E-state index contributed by atoms with van der Waals surface area (Å²) in [6.45, 7) is 3.62. The van der Waals surface area contributed by atoms with E-state index in [4.69, 9.17) is 0 Å². The van der Waals surface area contributed by atoms with Crippen molar-refractivity contribution in [3.8, 4) is 5.69 Å². The third kappa shape index (κ3) is 3.39. The fourth-order valence-corrected chi connectivity index (χ4v) is 2.20. The summed E-state index contributed by atoms with van der Waals surface area (Å²) in [5.41, 5.74) is 2.55. The number of nitrogens with zero attached hydrogens (tertiary/aromatic N) is 3. The van der Waals surface area contributed by atoms with E-state index in [1.54, 1.807) is 23.7 Å². The lowest BCUT2D eigenvalue weighted by molar-refractivity contribution is -0.115. The highest BCUT2D eigenvalue weighted by Gasteiger charge is 2.26. The van der Waals surface area contributed by atoms with Gasteiger partial charge in [-0.05, 0) is 44.0 Å². The van der Waals surface area contributed by atoms with Gasteiger partial charge in [0.15, 0.2) is 5.69 Å². The first-order valence-electron chi connectivity index (χ1n) is 7.72. The summed E-state index contributed by atoms with van der Waals surface area (Å²) in [5, 5.41) is 13.7. The van der Waals surface area contributed by atoms with Crippen molar-refractivity contribution >= 4 is 17.5 Å². The summed E-state index contributed by atoms with van der Waals surface area (Å²) < 4.78 is 1.62. The first kappa shape index (κ1) is 15.2. The molecule has 7 nitrogen and oxygen atoms in total. The Bertz CT molecular complexity index is 731. The number of benzene rings is 1. The molecule has 120 valence electrons. The van der Waals surface area contributed by atoms with E-state index in [2.05, 4.69) is 20.9 Å². The van der Waals surface area contributed by atoms with Crippen molar-refractivity contribution in [1.82, 2.24) is 20.3 Å². The summed E-state index contributed by atoms with van der Waals surface area (Å²) >= 11 is 0. The topological polar surface area (TPSA) is 88.9 Å². The van der Waals surface area contributed by atoms with E-state index in [-0.39, 0.29) is 17.9 Å². The Kier molecular flexibility index (Phi) is 4.10. The highest BCUT2D eigenvalue weighted by molar-refractivity contribution is 5.93. The molecule has 0 saturated heterocycles. The van der Waals surface area contributed by atoms with Crippen LogP contribution in [0.5, 0.6) is 0 Å².